The van der Waals surface area contributed by atoms with Crippen molar-refractivity contribution in [2.75, 3.05) is 7.11 Å². The van der Waals surface area contributed by atoms with E-state index < -0.39 is 0 Å². The van der Waals surface area contributed by atoms with E-state index in [0.29, 0.717) is 16.3 Å². The van der Waals surface area contributed by atoms with Crippen LogP contribution >= 0.6 is 12.2 Å². The van der Waals surface area contributed by atoms with E-state index in [-0.39, 0.29) is 6.10 Å². The van der Waals surface area contributed by atoms with Gasteiger partial charge in [0.05, 0.1) is 19.4 Å². The fourth-order valence-corrected chi connectivity index (χ4v) is 2.27. The SMILES string of the molecule is CCCc1n[nH]c(=S)n1/N=C\c1ccc(OC)c(OC(C)C)c1. The van der Waals surface area contributed by atoms with Gasteiger partial charge in [0.1, 0.15) is 0 Å². The van der Waals surface area contributed by atoms with Crippen molar-refractivity contribution in [3.8, 4) is 11.5 Å². The second-order valence-electron chi connectivity index (χ2n) is 5.33. The molecule has 124 valence electrons. The lowest BCUT2D eigenvalue weighted by atomic mass is 10.2. The van der Waals surface area contributed by atoms with Gasteiger partial charge in [0.2, 0.25) is 4.77 Å². The Bertz CT molecular complexity index is 734. The van der Waals surface area contributed by atoms with Crippen molar-refractivity contribution in [3.63, 3.8) is 0 Å². The maximum Gasteiger partial charge on any atom is 0.216 e. The third-order valence-electron chi connectivity index (χ3n) is 3.06. The van der Waals surface area contributed by atoms with Gasteiger partial charge in [0.15, 0.2) is 17.3 Å². The van der Waals surface area contributed by atoms with Crippen LogP contribution in [-0.2, 0) is 6.42 Å². The van der Waals surface area contributed by atoms with Gasteiger partial charge in [-0.1, -0.05) is 6.92 Å². The van der Waals surface area contributed by atoms with E-state index in [4.69, 9.17) is 21.7 Å². The van der Waals surface area contributed by atoms with Crippen molar-refractivity contribution in [1.82, 2.24) is 14.9 Å². The molecule has 1 heterocycles. The lowest BCUT2D eigenvalue weighted by molar-refractivity contribution is 0.230. The average molecular weight is 334 g/mol. The molecule has 1 aromatic carbocycles. The number of nitrogens with one attached hydrogen (secondary N) is 1. The van der Waals surface area contributed by atoms with E-state index >= 15 is 0 Å². The molecule has 7 heteroatoms. The standard InChI is InChI=1S/C16H22N4O2S/c1-5-6-15-18-19-16(23)20(15)17-10-12-7-8-13(21-4)14(9-12)22-11(2)3/h7-11H,5-6H2,1-4H3,(H,19,23)/b17-10-. The van der Waals surface area contributed by atoms with E-state index in [9.17, 15) is 0 Å². The molecular formula is C16H22N4O2S. The van der Waals surface area contributed by atoms with Gasteiger partial charge in [-0.05, 0) is 56.2 Å². The molecule has 6 nitrogen and oxygen atoms in total. The summed E-state index contributed by atoms with van der Waals surface area (Å²) in [4.78, 5) is 0. The van der Waals surface area contributed by atoms with Gasteiger partial charge >= 0.3 is 0 Å². The lowest BCUT2D eigenvalue weighted by Gasteiger charge is -2.13. The summed E-state index contributed by atoms with van der Waals surface area (Å²) < 4.78 is 13.2. The summed E-state index contributed by atoms with van der Waals surface area (Å²) in [5.41, 5.74) is 0.895. The van der Waals surface area contributed by atoms with E-state index in [1.807, 2.05) is 32.0 Å². The molecule has 0 saturated heterocycles. The van der Waals surface area contributed by atoms with Crippen molar-refractivity contribution in [2.24, 2.45) is 5.10 Å². The number of hydrogen-bond acceptors (Lipinski definition) is 5. The van der Waals surface area contributed by atoms with Crippen LogP contribution in [0.3, 0.4) is 0 Å². The fourth-order valence-electron chi connectivity index (χ4n) is 2.07. The number of nitrogens with zero attached hydrogens (tertiary/aromatic N) is 3. The number of hydrogen-bond donors (Lipinski definition) is 1. The van der Waals surface area contributed by atoms with Gasteiger partial charge in [-0.3, -0.25) is 5.10 Å². The molecule has 0 atom stereocenters. The highest BCUT2D eigenvalue weighted by Crippen LogP contribution is 2.28. The highest BCUT2D eigenvalue weighted by Gasteiger charge is 2.07. The Morgan fingerprint density at radius 2 is 2.17 bits per heavy atom. The van der Waals surface area contributed by atoms with Crippen molar-refractivity contribution in [2.45, 2.75) is 39.7 Å². The Balaban J connectivity index is 2.29. The normalized spacial score (nSPS) is 11.3. The molecule has 2 rings (SSSR count). The van der Waals surface area contributed by atoms with Gasteiger partial charge in [-0.25, -0.2) is 0 Å². The number of aryl methyl sites for hydroxylation is 1. The summed E-state index contributed by atoms with van der Waals surface area (Å²) in [5, 5.41) is 11.4. The Labute approximate surface area is 141 Å². The first-order chi connectivity index (χ1) is 11.0. The molecule has 0 aliphatic carbocycles. The first kappa shape index (κ1) is 17.2. The largest absolute Gasteiger partial charge is 0.493 e. The van der Waals surface area contributed by atoms with Crippen LogP contribution < -0.4 is 9.47 Å². The fraction of sp³-hybridized carbons (Fsp3) is 0.438. The maximum absolute atomic E-state index is 5.77. The Kier molecular flexibility index (Phi) is 5.92. The van der Waals surface area contributed by atoms with Crippen LogP contribution in [0.25, 0.3) is 0 Å². The second-order valence-corrected chi connectivity index (χ2v) is 5.71. The van der Waals surface area contributed by atoms with Gasteiger partial charge in [-0.15, -0.1) is 0 Å². The molecule has 0 saturated carbocycles. The summed E-state index contributed by atoms with van der Waals surface area (Å²) in [6.07, 6.45) is 3.59. The Morgan fingerprint density at radius 3 is 2.83 bits per heavy atom. The minimum absolute atomic E-state index is 0.0646. The predicted octanol–water partition coefficient (Wildman–Crippen LogP) is 3.57. The minimum Gasteiger partial charge on any atom is -0.493 e. The topological polar surface area (TPSA) is 64.4 Å². The van der Waals surface area contributed by atoms with E-state index in [2.05, 4.69) is 22.2 Å². The molecular weight excluding hydrogens is 312 g/mol. The van der Waals surface area contributed by atoms with Crippen LogP contribution in [0.4, 0.5) is 0 Å². The van der Waals surface area contributed by atoms with Crippen molar-refractivity contribution < 1.29 is 9.47 Å². The molecule has 0 amide bonds. The molecule has 0 spiro atoms. The molecule has 0 fully saturated rings. The molecule has 0 aliphatic rings. The monoisotopic (exact) mass is 334 g/mol. The Hall–Kier alpha value is -2.15. The molecule has 23 heavy (non-hydrogen) atoms. The summed E-state index contributed by atoms with van der Waals surface area (Å²) >= 11 is 5.21. The zero-order chi connectivity index (χ0) is 16.8. The third kappa shape index (κ3) is 4.41. The maximum atomic E-state index is 5.77. The van der Waals surface area contributed by atoms with Gasteiger partial charge in [-0.2, -0.15) is 14.9 Å². The first-order valence-corrected chi connectivity index (χ1v) is 8.01. The first-order valence-electron chi connectivity index (χ1n) is 7.60. The molecule has 0 aliphatic heterocycles. The number of H-pyrrole nitrogens is 1. The molecule has 0 bridgehead atoms. The average Bonchev–Trinajstić information content (AvgIpc) is 2.85. The van der Waals surface area contributed by atoms with Crippen molar-refractivity contribution in [3.05, 3.63) is 34.4 Å². The second kappa shape index (κ2) is 7.92. The minimum atomic E-state index is 0.0646. The number of aromatic amines is 1. The summed E-state index contributed by atoms with van der Waals surface area (Å²) in [7, 11) is 1.62. The smallest absolute Gasteiger partial charge is 0.216 e. The lowest BCUT2D eigenvalue weighted by Crippen LogP contribution is -2.07. The highest BCUT2D eigenvalue weighted by molar-refractivity contribution is 7.71. The van der Waals surface area contributed by atoms with E-state index in [0.717, 1.165) is 24.2 Å². The quantitative estimate of drug-likeness (QED) is 0.621. The zero-order valence-corrected chi connectivity index (χ0v) is 14.7. The van der Waals surface area contributed by atoms with Crippen LogP contribution in [0.2, 0.25) is 0 Å². The molecule has 2 aromatic rings. The zero-order valence-electron chi connectivity index (χ0n) is 13.9. The number of ether oxygens (including phenoxy) is 2. The van der Waals surface area contributed by atoms with Gasteiger partial charge < -0.3 is 9.47 Å². The van der Waals surface area contributed by atoms with E-state index in [1.54, 1.807) is 18.0 Å². The molecule has 1 N–H and O–H groups in total. The molecule has 1 aromatic heterocycles. The number of benzene rings is 1. The van der Waals surface area contributed by atoms with Gasteiger partial charge in [0.25, 0.3) is 0 Å². The number of rotatable bonds is 7. The van der Waals surface area contributed by atoms with Crippen molar-refractivity contribution >= 4 is 18.4 Å². The molecule has 0 unspecified atom stereocenters. The number of aromatic nitrogens is 3. The molecule has 0 radical (unpaired) electrons. The summed E-state index contributed by atoms with van der Waals surface area (Å²) in [6.45, 7) is 6.04. The Morgan fingerprint density at radius 1 is 1.39 bits per heavy atom. The van der Waals surface area contributed by atoms with Crippen LogP contribution in [0, 0.1) is 4.77 Å². The van der Waals surface area contributed by atoms with Gasteiger partial charge in [0, 0.05) is 6.42 Å². The third-order valence-corrected chi connectivity index (χ3v) is 3.33. The van der Waals surface area contributed by atoms with E-state index in [1.165, 1.54) is 0 Å². The summed E-state index contributed by atoms with van der Waals surface area (Å²) in [6, 6.07) is 5.67. The van der Waals surface area contributed by atoms with Crippen molar-refractivity contribution in [1.29, 1.82) is 0 Å². The van der Waals surface area contributed by atoms with Crippen LogP contribution in [0.5, 0.6) is 11.5 Å². The van der Waals surface area contributed by atoms with Crippen LogP contribution in [0.1, 0.15) is 38.6 Å². The predicted molar refractivity (Wildman–Crippen MR) is 93.2 cm³/mol. The number of methoxy groups -OCH3 is 1. The van der Waals surface area contributed by atoms with Crippen LogP contribution in [0.15, 0.2) is 23.3 Å². The van der Waals surface area contributed by atoms with Crippen LogP contribution in [-0.4, -0.2) is 34.3 Å². The summed E-state index contributed by atoms with van der Waals surface area (Å²) in [5.74, 6) is 2.21. The highest BCUT2D eigenvalue weighted by atomic mass is 32.1.